The Balaban J connectivity index is 1.97. The lowest BCUT2D eigenvalue weighted by atomic mass is 9.98. The minimum atomic E-state index is -0.950. The van der Waals surface area contributed by atoms with E-state index >= 15 is 0 Å². The van der Waals surface area contributed by atoms with Gasteiger partial charge in [0, 0.05) is 29.7 Å². The van der Waals surface area contributed by atoms with Crippen LogP contribution >= 0.6 is 0 Å². The summed E-state index contributed by atoms with van der Waals surface area (Å²) in [6.45, 7) is 8.69. The van der Waals surface area contributed by atoms with Gasteiger partial charge in [-0.2, -0.15) is 0 Å². The molecule has 1 atom stereocenters. The minimum absolute atomic E-state index is 0.00526. The molecule has 1 N–H and O–H groups in total. The van der Waals surface area contributed by atoms with Gasteiger partial charge in [-0.25, -0.2) is 5.01 Å². The lowest BCUT2D eigenvalue weighted by Gasteiger charge is -2.35. The van der Waals surface area contributed by atoms with Crippen LogP contribution in [0.25, 0.3) is 0 Å². The number of ether oxygens (including phenoxy) is 1. The number of fused-ring (bicyclic) bond motifs is 1. The topological polar surface area (TPSA) is 145 Å². The number of non-ortho nitro benzene ring substituents is 2. The van der Waals surface area contributed by atoms with E-state index in [4.69, 9.17) is 4.74 Å². The van der Waals surface area contributed by atoms with Crippen LogP contribution in [0.15, 0.2) is 30.3 Å². The number of hydrazine groups is 1. The maximum Gasteiger partial charge on any atom is 0.277 e. The van der Waals surface area contributed by atoms with Crippen molar-refractivity contribution in [3.05, 3.63) is 72.8 Å². The third-order valence-corrected chi connectivity index (χ3v) is 5.28. The molecule has 0 fully saturated rings. The Morgan fingerprint density at radius 3 is 2.18 bits per heavy atom. The van der Waals surface area contributed by atoms with Crippen molar-refractivity contribution in [3.63, 3.8) is 0 Å². The number of benzene rings is 2. The number of carbonyl (C=O) groups is 2. The molecule has 174 valence electrons. The highest BCUT2D eigenvalue weighted by Gasteiger charge is 2.33. The van der Waals surface area contributed by atoms with Crippen LogP contribution in [0, 0.1) is 27.2 Å². The summed E-state index contributed by atoms with van der Waals surface area (Å²) in [5.41, 5.74) is 2.12. The maximum atomic E-state index is 13.3. The molecule has 1 heterocycles. The van der Waals surface area contributed by atoms with Crippen LogP contribution in [-0.2, 0) is 6.42 Å². The zero-order valence-electron chi connectivity index (χ0n) is 18.9. The fraction of sp³-hybridized carbons (Fsp3) is 0.364. The molecular weight excluding hydrogens is 432 g/mol. The van der Waals surface area contributed by atoms with Crippen LogP contribution in [0.3, 0.4) is 0 Å². The second-order valence-corrected chi connectivity index (χ2v) is 8.85. The molecule has 11 heteroatoms. The average Bonchev–Trinajstić information content (AvgIpc) is 3.11. The lowest BCUT2D eigenvalue weighted by Crippen LogP contribution is -2.56. The highest BCUT2D eigenvalue weighted by atomic mass is 16.6. The first-order valence-corrected chi connectivity index (χ1v) is 10.2. The summed E-state index contributed by atoms with van der Waals surface area (Å²) in [7, 11) is 0. The largest absolute Gasteiger partial charge is 0.490 e. The number of nitrogens with zero attached hydrogens (tertiary/aromatic N) is 3. The zero-order chi connectivity index (χ0) is 24.7. The first-order valence-electron chi connectivity index (χ1n) is 10.2. The maximum absolute atomic E-state index is 13.3. The molecule has 0 aromatic heterocycles. The first kappa shape index (κ1) is 23.6. The van der Waals surface area contributed by atoms with Gasteiger partial charge < -0.3 is 4.74 Å². The normalized spacial score (nSPS) is 14.8. The van der Waals surface area contributed by atoms with E-state index in [1.165, 1.54) is 0 Å². The summed E-state index contributed by atoms with van der Waals surface area (Å²) in [6.07, 6.45) is 0.649. The van der Waals surface area contributed by atoms with Crippen LogP contribution in [0.2, 0.25) is 0 Å². The van der Waals surface area contributed by atoms with E-state index in [9.17, 15) is 29.8 Å². The fourth-order valence-corrected chi connectivity index (χ4v) is 3.63. The standard InChI is InChI=1S/C22H24N4O7/c1-12-8-18-13(2)17(6-7-19(18)33-12)20(27)23-24(22(3,4)5)21(28)14-9-15(25(29)30)11-16(10-14)26(31)32/h6-7,9-12H,8H2,1-5H3,(H,23,27). The second-order valence-electron chi connectivity index (χ2n) is 8.85. The Morgan fingerprint density at radius 2 is 1.67 bits per heavy atom. The number of nitro benzene ring substituents is 2. The van der Waals surface area contributed by atoms with Crippen molar-refractivity contribution < 1.29 is 24.2 Å². The SMILES string of the molecule is Cc1c(C(=O)NN(C(=O)c2cc([N+](=O)[O-])cc([N+](=O)[O-])c2)C(C)(C)C)ccc2c1CC(C)O2. The Hall–Kier alpha value is -4.02. The van der Waals surface area contributed by atoms with Crippen LogP contribution in [0.1, 0.15) is 59.5 Å². The monoisotopic (exact) mass is 456 g/mol. The Bertz CT molecular complexity index is 1140. The predicted octanol–water partition coefficient (Wildman–Crippen LogP) is 3.72. The van der Waals surface area contributed by atoms with Crippen molar-refractivity contribution in [2.75, 3.05) is 0 Å². The van der Waals surface area contributed by atoms with Gasteiger partial charge in [0.1, 0.15) is 11.9 Å². The molecule has 33 heavy (non-hydrogen) atoms. The predicted molar refractivity (Wildman–Crippen MR) is 118 cm³/mol. The molecular formula is C22H24N4O7. The van der Waals surface area contributed by atoms with Gasteiger partial charge in [-0.15, -0.1) is 0 Å². The van der Waals surface area contributed by atoms with E-state index in [1.807, 2.05) is 6.92 Å². The number of rotatable bonds is 4. The van der Waals surface area contributed by atoms with Crippen molar-refractivity contribution in [2.45, 2.75) is 52.7 Å². The quantitative estimate of drug-likeness (QED) is 0.545. The highest BCUT2D eigenvalue weighted by molar-refractivity contribution is 6.01. The molecule has 0 saturated carbocycles. The number of hydrogen-bond acceptors (Lipinski definition) is 7. The summed E-state index contributed by atoms with van der Waals surface area (Å²) in [4.78, 5) is 47.2. The molecule has 2 aromatic rings. The van der Waals surface area contributed by atoms with Gasteiger partial charge in [0.25, 0.3) is 23.2 Å². The summed E-state index contributed by atoms with van der Waals surface area (Å²) < 4.78 is 5.71. The fourth-order valence-electron chi connectivity index (χ4n) is 3.63. The van der Waals surface area contributed by atoms with Gasteiger partial charge in [-0.3, -0.25) is 35.2 Å². The molecule has 3 rings (SSSR count). The van der Waals surface area contributed by atoms with Gasteiger partial charge in [-0.1, -0.05) is 0 Å². The molecule has 0 spiro atoms. The zero-order valence-corrected chi connectivity index (χ0v) is 18.9. The highest BCUT2D eigenvalue weighted by Crippen LogP contribution is 2.33. The van der Waals surface area contributed by atoms with Crippen LogP contribution in [0.4, 0.5) is 11.4 Å². The minimum Gasteiger partial charge on any atom is -0.490 e. The smallest absolute Gasteiger partial charge is 0.277 e. The van der Waals surface area contributed by atoms with Crippen molar-refractivity contribution in [2.24, 2.45) is 0 Å². The van der Waals surface area contributed by atoms with Crippen molar-refractivity contribution >= 4 is 23.2 Å². The van der Waals surface area contributed by atoms with Crippen molar-refractivity contribution in [3.8, 4) is 5.75 Å². The summed E-state index contributed by atoms with van der Waals surface area (Å²) >= 11 is 0. The summed E-state index contributed by atoms with van der Waals surface area (Å²) in [6, 6.07) is 5.96. The van der Waals surface area contributed by atoms with E-state index in [2.05, 4.69) is 5.43 Å². The van der Waals surface area contributed by atoms with Gasteiger partial charge >= 0.3 is 0 Å². The second kappa shape index (κ2) is 8.49. The molecule has 1 unspecified atom stereocenters. The molecule has 11 nitrogen and oxygen atoms in total. The molecule has 0 bridgehead atoms. The van der Waals surface area contributed by atoms with Crippen molar-refractivity contribution in [1.29, 1.82) is 0 Å². The number of amides is 2. The van der Waals surface area contributed by atoms with E-state index in [0.29, 0.717) is 17.7 Å². The van der Waals surface area contributed by atoms with Crippen LogP contribution in [-0.4, -0.2) is 38.3 Å². The molecule has 0 aliphatic carbocycles. The molecule has 0 radical (unpaired) electrons. The molecule has 0 saturated heterocycles. The third-order valence-electron chi connectivity index (χ3n) is 5.28. The number of hydrogen-bond donors (Lipinski definition) is 1. The number of nitro groups is 2. The van der Waals surface area contributed by atoms with E-state index in [1.54, 1.807) is 39.8 Å². The molecule has 2 aromatic carbocycles. The summed E-state index contributed by atoms with van der Waals surface area (Å²) in [5, 5.41) is 23.4. The molecule has 2 amide bonds. The van der Waals surface area contributed by atoms with E-state index in [0.717, 1.165) is 34.3 Å². The Labute approximate surface area is 189 Å². The Kier molecular flexibility index (Phi) is 6.08. The van der Waals surface area contributed by atoms with Crippen molar-refractivity contribution in [1.82, 2.24) is 10.4 Å². The molecule has 1 aliphatic rings. The van der Waals surface area contributed by atoms with E-state index < -0.39 is 38.6 Å². The van der Waals surface area contributed by atoms with Gasteiger partial charge in [0.15, 0.2) is 0 Å². The van der Waals surface area contributed by atoms with Gasteiger partial charge in [0.2, 0.25) is 0 Å². The number of nitrogens with one attached hydrogen (secondary N) is 1. The first-order chi connectivity index (χ1) is 15.3. The lowest BCUT2D eigenvalue weighted by molar-refractivity contribution is -0.394. The number of carbonyl (C=O) groups excluding carboxylic acids is 2. The third kappa shape index (κ3) is 4.76. The molecule has 1 aliphatic heterocycles. The van der Waals surface area contributed by atoms with E-state index in [-0.39, 0.29) is 11.7 Å². The Morgan fingerprint density at radius 1 is 1.09 bits per heavy atom. The van der Waals surface area contributed by atoms with Crippen LogP contribution < -0.4 is 10.2 Å². The van der Waals surface area contributed by atoms with Gasteiger partial charge in [-0.05, 0) is 52.3 Å². The average molecular weight is 456 g/mol. The summed E-state index contributed by atoms with van der Waals surface area (Å²) in [5.74, 6) is -0.666. The van der Waals surface area contributed by atoms with Gasteiger partial charge in [0.05, 0.1) is 27.0 Å². The van der Waals surface area contributed by atoms with Crippen LogP contribution in [0.5, 0.6) is 5.75 Å².